The molecule has 1 aromatic carbocycles. The van der Waals surface area contributed by atoms with Gasteiger partial charge < -0.3 is 5.73 Å². The lowest BCUT2D eigenvalue weighted by Gasteiger charge is -2.22. The normalized spacial score (nSPS) is 11.7. The van der Waals surface area contributed by atoms with Crippen molar-refractivity contribution < 1.29 is 8.78 Å². The van der Waals surface area contributed by atoms with Crippen molar-refractivity contribution in [1.29, 1.82) is 0 Å². The molecule has 0 amide bonds. The molecule has 0 atom stereocenters. The predicted molar refractivity (Wildman–Crippen MR) is 76.8 cm³/mol. The van der Waals surface area contributed by atoms with Crippen molar-refractivity contribution in [3.8, 4) is 0 Å². The monoisotopic (exact) mass is 279 g/mol. The minimum absolute atomic E-state index is 0.257. The fraction of sp³-hybridized carbons (Fsp3) is 0.400. The van der Waals surface area contributed by atoms with Crippen molar-refractivity contribution in [3.05, 3.63) is 41.6 Å². The van der Waals surface area contributed by atoms with E-state index < -0.39 is 6.43 Å². The lowest BCUT2D eigenvalue weighted by Crippen LogP contribution is -2.33. The molecule has 0 radical (unpaired) electrons. The van der Waals surface area contributed by atoms with Crippen molar-refractivity contribution in [2.45, 2.75) is 19.9 Å². The second-order valence-electron chi connectivity index (χ2n) is 4.85. The Kier molecular flexibility index (Phi) is 4.98. The number of aryl methyl sites for hydroxylation is 1. The third kappa shape index (κ3) is 3.71. The van der Waals surface area contributed by atoms with Crippen molar-refractivity contribution in [2.24, 2.45) is 5.73 Å². The third-order valence-corrected chi connectivity index (χ3v) is 3.17. The van der Waals surface area contributed by atoms with Gasteiger partial charge in [-0.1, -0.05) is 18.2 Å². The van der Waals surface area contributed by atoms with Crippen LogP contribution in [0.25, 0.3) is 10.9 Å². The van der Waals surface area contributed by atoms with E-state index in [1.807, 2.05) is 37.3 Å². The fourth-order valence-corrected chi connectivity index (χ4v) is 2.38. The van der Waals surface area contributed by atoms with E-state index in [1.54, 1.807) is 4.90 Å². The highest BCUT2D eigenvalue weighted by Gasteiger charge is 2.13. The van der Waals surface area contributed by atoms with Crippen LogP contribution in [0, 0.1) is 6.92 Å². The molecule has 0 saturated heterocycles. The highest BCUT2D eigenvalue weighted by molar-refractivity contribution is 5.82. The number of benzene rings is 1. The van der Waals surface area contributed by atoms with Crippen LogP contribution in [0.3, 0.4) is 0 Å². The van der Waals surface area contributed by atoms with E-state index in [4.69, 9.17) is 5.73 Å². The molecule has 3 nitrogen and oxygen atoms in total. The Bertz CT molecular complexity index is 572. The molecule has 2 rings (SSSR count). The molecule has 0 unspecified atom stereocenters. The summed E-state index contributed by atoms with van der Waals surface area (Å²) in [4.78, 5) is 6.15. The second kappa shape index (κ2) is 6.72. The van der Waals surface area contributed by atoms with E-state index in [0.29, 0.717) is 19.6 Å². The molecule has 0 spiro atoms. The lowest BCUT2D eigenvalue weighted by molar-refractivity contribution is 0.0864. The predicted octanol–water partition coefficient (Wildman–Crippen LogP) is 2.57. The molecule has 0 aliphatic carbocycles. The summed E-state index contributed by atoms with van der Waals surface area (Å²) in [5.41, 5.74) is 8.31. The number of para-hydroxylation sites is 1. The van der Waals surface area contributed by atoms with Crippen LogP contribution >= 0.6 is 0 Å². The molecule has 5 heteroatoms. The number of hydrogen-bond acceptors (Lipinski definition) is 3. The van der Waals surface area contributed by atoms with Gasteiger partial charge in [-0.2, -0.15) is 0 Å². The average Bonchev–Trinajstić information content (AvgIpc) is 2.38. The SMILES string of the molecule is Cc1cc(CN(CCN)CC(F)F)c2ccccc2n1. The molecular formula is C15H19F2N3. The lowest BCUT2D eigenvalue weighted by atomic mass is 10.1. The van der Waals surface area contributed by atoms with E-state index >= 15 is 0 Å². The van der Waals surface area contributed by atoms with Gasteiger partial charge in [0.05, 0.1) is 12.1 Å². The van der Waals surface area contributed by atoms with Crippen molar-refractivity contribution >= 4 is 10.9 Å². The zero-order valence-corrected chi connectivity index (χ0v) is 11.5. The number of fused-ring (bicyclic) bond motifs is 1. The van der Waals surface area contributed by atoms with Crippen molar-refractivity contribution in [3.63, 3.8) is 0 Å². The van der Waals surface area contributed by atoms with E-state index in [-0.39, 0.29) is 6.54 Å². The number of alkyl halides is 2. The van der Waals surface area contributed by atoms with Gasteiger partial charge in [-0.05, 0) is 24.6 Å². The summed E-state index contributed by atoms with van der Waals surface area (Å²) in [6, 6.07) is 9.72. The van der Waals surface area contributed by atoms with Gasteiger partial charge in [0, 0.05) is 30.7 Å². The molecule has 0 saturated carbocycles. The van der Waals surface area contributed by atoms with Crippen LogP contribution in [0.5, 0.6) is 0 Å². The first kappa shape index (κ1) is 14.8. The van der Waals surface area contributed by atoms with Crippen LogP contribution in [0.1, 0.15) is 11.3 Å². The van der Waals surface area contributed by atoms with E-state index in [1.165, 1.54) is 0 Å². The van der Waals surface area contributed by atoms with Gasteiger partial charge in [0.15, 0.2) is 0 Å². The maximum absolute atomic E-state index is 12.6. The first-order valence-electron chi connectivity index (χ1n) is 6.66. The molecule has 0 aliphatic rings. The third-order valence-electron chi connectivity index (χ3n) is 3.17. The zero-order chi connectivity index (χ0) is 14.5. The number of aromatic nitrogens is 1. The molecule has 0 bridgehead atoms. The van der Waals surface area contributed by atoms with Crippen LogP contribution in [0.4, 0.5) is 8.78 Å². The Labute approximate surface area is 117 Å². The van der Waals surface area contributed by atoms with Crippen LogP contribution in [-0.2, 0) is 6.54 Å². The van der Waals surface area contributed by atoms with E-state index in [9.17, 15) is 8.78 Å². The first-order valence-corrected chi connectivity index (χ1v) is 6.66. The Balaban J connectivity index is 2.31. The number of halogens is 2. The Morgan fingerprint density at radius 1 is 1.30 bits per heavy atom. The summed E-state index contributed by atoms with van der Waals surface area (Å²) in [5.74, 6) is 0. The minimum Gasteiger partial charge on any atom is -0.329 e. The standard InChI is InChI=1S/C15H19F2N3/c1-11-8-12(9-20(7-6-18)10-15(16)17)13-4-2-3-5-14(13)19-11/h2-5,8,15H,6-7,9-10,18H2,1H3. The van der Waals surface area contributed by atoms with Gasteiger partial charge >= 0.3 is 0 Å². The summed E-state index contributed by atoms with van der Waals surface area (Å²) in [5, 5.41) is 1.01. The summed E-state index contributed by atoms with van der Waals surface area (Å²) in [7, 11) is 0. The van der Waals surface area contributed by atoms with Gasteiger partial charge in [-0.3, -0.25) is 9.88 Å². The largest absolute Gasteiger partial charge is 0.329 e. The molecule has 1 heterocycles. The second-order valence-corrected chi connectivity index (χ2v) is 4.85. The van der Waals surface area contributed by atoms with Crippen LogP contribution in [-0.4, -0.2) is 35.9 Å². The van der Waals surface area contributed by atoms with Crippen LogP contribution < -0.4 is 5.73 Å². The van der Waals surface area contributed by atoms with Crippen molar-refractivity contribution in [1.82, 2.24) is 9.88 Å². The number of rotatable bonds is 6. The molecule has 20 heavy (non-hydrogen) atoms. The number of nitrogens with two attached hydrogens (primary N) is 1. The fourth-order valence-electron chi connectivity index (χ4n) is 2.38. The number of pyridine rings is 1. The zero-order valence-electron chi connectivity index (χ0n) is 11.5. The quantitative estimate of drug-likeness (QED) is 0.883. The van der Waals surface area contributed by atoms with Gasteiger partial charge in [0.25, 0.3) is 6.43 Å². The molecule has 1 aromatic heterocycles. The summed E-state index contributed by atoms with van der Waals surface area (Å²) < 4.78 is 25.2. The molecule has 2 aromatic rings. The smallest absolute Gasteiger partial charge is 0.251 e. The number of hydrogen-bond donors (Lipinski definition) is 1. The Hall–Kier alpha value is -1.59. The van der Waals surface area contributed by atoms with Gasteiger partial charge in [0.1, 0.15) is 0 Å². The maximum Gasteiger partial charge on any atom is 0.251 e. The van der Waals surface area contributed by atoms with Crippen LogP contribution in [0.15, 0.2) is 30.3 Å². The highest BCUT2D eigenvalue weighted by atomic mass is 19.3. The summed E-state index contributed by atoms with van der Waals surface area (Å²) in [6.07, 6.45) is -2.35. The van der Waals surface area contributed by atoms with Crippen molar-refractivity contribution in [2.75, 3.05) is 19.6 Å². The first-order chi connectivity index (χ1) is 9.60. The van der Waals surface area contributed by atoms with Gasteiger partial charge in [0.2, 0.25) is 0 Å². The van der Waals surface area contributed by atoms with E-state index in [2.05, 4.69) is 4.98 Å². The Morgan fingerprint density at radius 3 is 2.75 bits per heavy atom. The molecule has 2 N–H and O–H groups in total. The number of nitrogens with zero attached hydrogens (tertiary/aromatic N) is 2. The highest BCUT2D eigenvalue weighted by Crippen LogP contribution is 2.20. The topological polar surface area (TPSA) is 42.1 Å². The Morgan fingerprint density at radius 2 is 2.05 bits per heavy atom. The van der Waals surface area contributed by atoms with Gasteiger partial charge in [-0.25, -0.2) is 8.78 Å². The summed E-state index contributed by atoms with van der Waals surface area (Å²) in [6.45, 7) is 2.95. The maximum atomic E-state index is 12.6. The van der Waals surface area contributed by atoms with E-state index in [0.717, 1.165) is 22.2 Å². The molecule has 0 aliphatic heterocycles. The molecular weight excluding hydrogens is 260 g/mol. The van der Waals surface area contributed by atoms with Crippen LogP contribution in [0.2, 0.25) is 0 Å². The summed E-state index contributed by atoms with van der Waals surface area (Å²) >= 11 is 0. The minimum atomic E-state index is -2.35. The molecule has 0 fully saturated rings. The van der Waals surface area contributed by atoms with Gasteiger partial charge in [-0.15, -0.1) is 0 Å². The molecule has 108 valence electrons. The average molecular weight is 279 g/mol.